The molecular formula is C44H80N4O13. The number of amides is 4. The van der Waals surface area contributed by atoms with E-state index in [2.05, 4.69) is 28.2 Å². The molecule has 0 spiro atoms. The van der Waals surface area contributed by atoms with Gasteiger partial charge in [-0.05, 0) is 68.7 Å². The number of carbonyl (C=O) groups is 7. The third-order valence-electron chi connectivity index (χ3n) is 8.43. The molecule has 0 fully saturated rings. The first-order chi connectivity index (χ1) is 28.4. The second kappa shape index (κ2) is 30.7. The van der Waals surface area contributed by atoms with Crippen LogP contribution in [0.15, 0.2) is 0 Å². The van der Waals surface area contributed by atoms with Crippen LogP contribution in [0.3, 0.4) is 0 Å². The Labute approximate surface area is 364 Å². The summed E-state index contributed by atoms with van der Waals surface area (Å²) in [7, 11) is 0. The predicted molar refractivity (Wildman–Crippen MR) is 231 cm³/mol. The first kappa shape index (κ1) is 56.7. The average molecular weight is 873 g/mol. The molecule has 0 saturated heterocycles. The molecule has 0 aliphatic rings. The van der Waals surface area contributed by atoms with E-state index in [1.165, 1.54) is 51.4 Å². The number of ether oxygens (including phenoxy) is 6. The van der Waals surface area contributed by atoms with Crippen molar-refractivity contribution in [2.24, 2.45) is 0 Å². The molecule has 4 N–H and O–H groups in total. The highest BCUT2D eigenvalue weighted by molar-refractivity contribution is 5.78. The van der Waals surface area contributed by atoms with Crippen LogP contribution in [0.4, 0.5) is 14.4 Å². The second-order valence-electron chi connectivity index (χ2n) is 18.3. The van der Waals surface area contributed by atoms with E-state index in [1.807, 2.05) is 0 Å². The number of alkyl carbamates (subject to hydrolysis) is 3. The molecule has 0 aliphatic carbocycles. The molecular weight excluding hydrogens is 792 g/mol. The van der Waals surface area contributed by atoms with Gasteiger partial charge in [0, 0.05) is 26.1 Å². The summed E-state index contributed by atoms with van der Waals surface area (Å²) in [6.45, 7) is 15.4. The summed E-state index contributed by atoms with van der Waals surface area (Å²) in [5.74, 6) is -2.76. The minimum atomic E-state index is -1.73. The van der Waals surface area contributed by atoms with Gasteiger partial charge >= 0.3 is 36.2 Å². The number of rotatable bonds is 30. The smallest absolute Gasteiger partial charge is 0.407 e. The molecule has 354 valence electrons. The second-order valence-corrected chi connectivity index (χ2v) is 18.3. The van der Waals surface area contributed by atoms with Gasteiger partial charge in [-0.15, -0.1) is 0 Å². The van der Waals surface area contributed by atoms with Crippen molar-refractivity contribution < 1.29 is 62.0 Å². The van der Waals surface area contributed by atoms with Crippen LogP contribution in [0.2, 0.25) is 0 Å². The summed E-state index contributed by atoms with van der Waals surface area (Å²) in [5, 5.41) is 10.2. The highest BCUT2D eigenvalue weighted by Gasteiger charge is 2.38. The number of hydrogen-bond donors (Lipinski definition) is 4. The predicted octanol–water partition coefficient (Wildman–Crippen LogP) is 7.70. The molecule has 0 bridgehead atoms. The van der Waals surface area contributed by atoms with E-state index in [1.54, 1.807) is 62.3 Å². The third kappa shape index (κ3) is 36.1. The molecule has 0 radical (unpaired) electrons. The van der Waals surface area contributed by atoms with Gasteiger partial charge in [0.25, 0.3) is 0 Å². The number of hydrogen-bond acceptors (Lipinski definition) is 13. The number of nitrogens with one attached hydrogen (secondary N) is 4. The largest absolute Gasteiger partial charge is 0.463 e. The molecule has 0 rings (SSSR count). The number of carbonyl (C=O) groups excluding carboxylic acids is 7. The van der Waals surface area contributed by atoms with Crippen molar-refractivity contribution >= 4 is 42.1 Å². The molecule has 0 aliphatic heterocycles. The van der Waals surface area contributed by atoms with E-state index in [9.17, 15) is 33.6 Å². The SMILES string of the molecule is CCCCCCCCCCCCCCCC(=O)NC(COC(=O)CCNC(=O)OC(C)(C)C)(COC(=O)CCNC(=O)OC(C)(C)C)COC(=O)CCNC(=O)OC(C)(C)C. The Bertz CT molecular complexity index is 1200. The standard InChI is InChI=1S/C44H80N4O13/c1-11-12-13-14-15-16-17-18-19-20-21-22-23-24-34(49)48-44(31-56-35(50)25-28-45-38(53)59-41(2,3)4,32-57-36(51)26-29-46-39(54)60-42(5,6)7)33-58-37(52)27-30-47-40(55)61-43(8,9)10/h11-33H2,1-10H3,(H,45,53)(H,46,54)(H,47,55)(H,48,49). The molecule has 0 aromatic rings. The summed E-state index contributed by atoms with van der Waals surface area (Å²) in [5.41, 5.74) is -3.98. The lowest BCUT2D eigenvalue weighted by Gasteiger charge is -2.33. The highest BCUT2D eigenvalue weighted by atomic mass is 16.6. The summed E-state index contributed by atoms with van der Waals surface area (Å²) < 4.78 is 32.1. The van der Waals surface area contributed by atoms with Gasteiger partial charge in [0.15, 0.2) is 0 Å². The Kier molecular flexibility index (Phi) is 28.5. The highest BCUT2D eigenvalue weighted by Crippen LogP contribution is 2.16. The van der Waals surface area contributed by atoms with E-state index >= 15 is 0 Å². The fraction of sp³-hybridized carbons (Fsp3) is 0.841. The van der Waals surface area contributed by atoms with Crippen LogP contribution < -0.4 is 21.3 Å². The molecule has 17 heteroatoms. The van der Waals surface area contributed by atoms with Gasteiger partial charge in [-0.2, -0.15) is 0 Å². The monoisotopic (exact) mass is 873 g/mol. The van der Waals surface area contributed by atoms with Crippen LogP contribution in [-0.4, -0.2) is 104 Å². The van der Waals surface area contributed by atoms with Crippen molar-refractivity contribution in [3.05, 3.63) is 0 Å². The Morgan fingerprint density at radius 3 is 0.951 bits per heavy atom. The average Bonchev–Trinajstić information content (AvgIpc) is 3.12. The zero-order valence-electron chi connectivity index (χ0n) is 39.1. The lowest BCUT2D eigenvalue weighted by atomic mass is 10.0. The van der Waals surface area contributed by atoms with Gasteiger partial charge in [0.1, 0.15) is 42.2 Å². The minimum Gasteiger partial charge on any atom is -0.463 e. The fourth-order valence-electron chi connectivity index (χ4n) is 5.51. The van der Waals surface area contributed by atoms with Crippen LogP contribution in [0.5, 0.6) is 0 Å². The topological polar surface area (TPSA) is 223 Å². The molecule has 0 saturated carbocycles. The van der Waals surface area contributed by atoms with E-state index in [0.29, 0.717) is 6.42 Å². The molecule has 4 amide bonds. The Morgan fingerprint density at radius 1 is 0.393 bits per heavy atom. The quantitative estimate of drug-likeness (QED) is 0.0309. The summed E-state index contributed by atoms with van der Waals surface area (Å²) in [6, 6.07) is 0. The van der Waals surface area contributed by atoms with E-state index in [4.69, 9.17) is 28.4 Å². The van der Waals surface area contributed by atoms with E-state index < -0.39 is 84.3 Å². The Hall–Kier alpha value is -4.31. The van der Waals surface area contributed by atoms with Gasteiger partial charge < -0.3 is 49.7 Å². The molecule has 0 atom stereocenters. The zero-order valence-corrected chi connectivity index (χ0v) is 39.1. The van der Waals surface area contributed by atoms with Crippen LogP contribution >= 0.6 is 0 Å². The van der Waals surface area contributed by atoms with Crippen LogP contribution in [0, 0.1) is 0 Å². The number of esters is 3. The van der Waals surface area contributed by atoms with Crippen LogP contribution in [0.25, 0.3) is 0 Å². The Morgan fingerprint density at radius 2 is 0.672 bits per heavy atom. The maximum atomic E-state index is 13.5. The van der Waals surface area contributed by atoms with Crippen molar-refractivity contribution in [3.8, 4) is 0 Å². The van der Waals surface area contributed by atoms with Crippen molar-refractivity contribution in [1.29, 1.82) is 0 Å². The van der Waals surface area contributed by atoms with Gasteiger partial charge in [0.05, 0.1) is 19.3 Å². The lowest BCUT2D eigenvalue weighted by molar-refractivity contribution is -0.159. The van der Waals surface area contributed by atoms with Crippen molar-refractivity contribution in [2.45, 2.75) is 201 Å². The van der Waals surface area contributed by atoms with Crippen LogP contribution in [-0.2, 0) is 47.6 Å². The summed E-state index contributed by atoms with van der Waals surface area (Å²) in [4.78, 5) is 88.3. The van der Waals surface area contributed by atoms with Crippen molar-refractivity contribution in [2.75, 3.05) is 39.5 Å². The normalized spacial score (nSPS) is 11.8. The van der Waals surface area contributed by atoms with E-state index in [0.717, 1.165) is 25.7 Å². The molecule has 0 aromatic heterocycles. The van der Waals surface area contributed by atoms with Crippen LogP contribution in [0.1, 0.15) is 178 Å². The number of unbranched alkanes of at least 4 members (excludes halogenated alkanes) is 12. The zero-order chi connectivity index (χ0) is 46.4. The Balaban J connectivity index is 5.75. The van der Waals surface area contributed by atoms with Gasteiger partial charge in [-0.25, -0.2) is 14.4 Å². The first-order valence-corrected chi connectivity index (χ1v) is 22.1. The molecule has 0 aromatic carbocycles. The molecule has 61 heavy (non-hydrogen) atoms. The molecule has 17 nitrogen and oxygen atoms in total. The minimum absolute atomic E-state index is 0.106. The molecule has 0 heterocycles. The van der Waals surface area contributed by atoms with Crippen molar-refractivity contribution in [1.82, 2.24) is 21.3 Å². The lowest BCUT2D eigenvalue weighted by Crippen LogP contribution is -2.59. The summed E-state index contributed by atoms with van der Waals surface area (Å²) >= 11 is 0. The maximum absolute atomic E-state index is 13.5. The fourth-order valence-corrected chi connectivity index (χ4v) is 5.51. The van der Waals surface area contributed by atoms with Gasteiger partial charge in [-0.3, -0.25) is 19.2 Å². The third-order valence-corrected chi connectivity index (χ3v) is 8.43. The van der Waals surface area contributed by atoms with E-state index in [-0.39, 0.29) is 45.3 Å². The summed E-state index contributed by atoms with van der Waals surface area (Å²) in [6.07, 6.45) is 11.8. The maximum Gasteiger partial charge on any atom is 0.407 e. The molecule has 0 unspecified atom stereocenters. The van der Waals surface area contributed by atoms with Gasteiger partial charge in [-0.1, -0.05) is 84.0 Å². The van der Waals surface area contributed by atoms with Gasteiger partial charge in [0.2, 0.25) is 5.91 Å². The van der Waals surface area contributed by atoms with Crippen molar-refractivity contribution in [3.63, 3.8) is 0 Å². The first-order valence-electron chi connectivity index (χ1n) is 22.1.